The highest BCUT2D eigenvalue weighted by atomic mass is 32.1. The van der Waals surface area contributed by atoms with Gasteiger partial charge in [0.05, 0.1) is 7.11 Å². The highest BCUT2D eigenvalue weighted by Crippen LogP contribution is 2.28. The van der Waals surface area contributed by atoms with Crippen molar-refractivity contribution in [3.63, 3.8) is 0 Å². The summed E-state index contributed by atoms with van der Waals surface area (Å²) >= 11 is 0.892. The molecular weight excluding hydrogens is 255 g/mol. The number of hydrogen-bond acceptors (Lipinski definition) is 5. The largest absolute Gasteiger partial charge is 0.465 e. The van der Waals surface area contributed by atoms with E-state index in [0.29, 0.717) is 11.3 Å². The third-order valence-electron chi connectivity index (χ3n) is 2.29. The molecule has 90 valence electrons. The molecule has 0 saturated carbocycles. The van der Waals surface area contributed by atoms with E-state index >= 15 is 0 Å². The van der Waals surface area contributed by atoms with Gasteiger partial charge in [0.2, 0.25) is 0 Å². The molecule has 0 radical (unpaired) electrons. The quantitative estimate of drug-likeness (QED) is 0.780. The molecule has 0 aliphatic carbocycles. The number of ether oxygens (including phenoxy) is 1. The van der Waals surface area contributed by atoms with E-state index in [1.807, 2.05) is 6.07 Å². The average Bonchev–Trinajstić information content (AvgIpc) is 2.82. The van der Waals surface area contributed by atoms with E-state index in [9.17, 15) is 9.18 Å². The molecule has 4 nitrogen and oxygen atoms in total. The van der Waals surface area contributed by atoms with Gasteiger partial charge < -0.3 is 4.74 Å². The highest BCUT2D eigenvalue weighted by Gasteiger charge is 2.21. The molecule has 0 N–H and O–H groups in total. The fourth-order valence-electron chi connectivity index (χ4n) is 1.43. The van der Waals surface area contributed by atoms with Gasteiger partial charge in [0.15, 0.2) is 4.88 Å². The van der Waals surface area contributed by atoms with E-state index in [1.54, 1.807) is 0 Å². The zero-order valence-electron chi connectivity index (χ0n) is 9.31. The number of nitriles is 1. The first-order valence-corrected chi connectivity index (χ1v) is 5.68. The molecule has 1 aromatic carbocycles. The Morgan fingerprint density at radius 3 is 2.67 bits per heavy atom. The van der Waals surface area contributed by atoms with Crippen LogP contribution in [0.25, 0.3) is 11.3 Å². The van der Waals surface area contributed by atoms with Crippen LogP contribution in [0.4, 0.5) is 4.39 Å². The number of aromatic nitrogens is 1. The third kappa shape index (κ3) is 2.08. The van der Waals surface area contributed by atoms with Crippen LogP contribution in [0.1, 0.15) is 15.2 Å². The minimum absolute atomic E-state index is 0.151. The fourth-order valence-corrected chi connectivity index (χ4v) is 2.20. The Labute approximate surface area is 106 Å². The molecule has 0 spiro atoms. The number of benzene rings is 1. The van der Waals surface area contributed by atoms with Gasteiger partial charge in [-0.15, -0.1) is 0 Å². The van der Waals surface area contributed by atoms with Crippen LogP contribution in [0.15, 0.2) is 24.3 Å². The van der Waals surface area contributed by atoms with Crippen LogP contribution in [-0.4, -0.2) is 17.5 Å². The predicted octanol–water partition coefficient (Wildman–Crippen LogP) is 2.61. The zero-order valence-corrected chi connectivity index (χ0v) is 10.1. The summed E-state index contributed by atoms with van der Waals surface area (Å²) in [6.45, 7) is 0. The number of rotatable bonds is 2. The van der Waals surface area contributed by atoms with Crippen molar-refractivity contribution in [1.29, 1.82) is 5.26 Å². The van der Waals surface area contributed by atoms with Crippen molar-refractivity contribution in [3.8, 4) is 17.3 Å². The van der Waals surface area contributed by atoms with Gasteiger partial charge in [0.1, 0.15) is 23.1 Å². The molecule has 0 saturated heterocycles. The molecule has 0 atom stereocenters. The lowest BCUT2D eigenvalue weighted by Gasteiger charge is -1.98. The predicted molar refractivity (Wildman–Crippen MR) is 63.6 cm³/mol. The van der Waals surface area contributed by atoms with Crippen LogP contribution in [0.3, 0.4) is 0 Å². The molecule has 6 heteroatoms. The molecule has 0 amide bonds. The van der Waals surface area contributed by atoms with Gasteiger partial charge in [-0.05, 0) is 35.8 Å². The van der Waals surface area contributed by atoms with Gasteiger partial charge in [-0.2, -0.15) is 9.64 Å². The Morgan fingerprint density at radius 2 is 2.11 bits per heavy atom. The SMILES string of the molecule is COC(=O)c1snc(-c2ccc(F)cc2)c1C#N. The number of carbonyl (C=O) groups is 1. The standard InChI is InChI=1S/C12H7FN2O2S/c1-17-12(16)11-9(6-14)10(15-18-11)7-2-4-8(13)5-3-7/h2-5H,1H3. The maximum Gasteiger partial charge on any atom is 0.351 e. The van der Waals surface area contributed by atoms with Crippen molar-refractivity contribution in [1.82, 2.24) is 4.37 Å². The van der Waals surface area contributed by atoms with Gasteiger partial charge >= 0.3 is 5.97 Å². The Bertz CT molecular complexity index is 629. The number of hydrogen-bond donors (Lipinski definition) is 0. The molecule has 2 rings (SSSR count). The minimum atomic E-state index is -0.600. The lowest BCUT2D eigenvalue weighted by atomic mass is 10.1. The smallest absolute Gasteiger partial charge is 0.351 e. The second-order valence-corrected chi connectivity index (χ2v) is 4.12. The highest BCUT2D eigenvalue weighted by molar-refractivity contribution is 7.08. The first-order valence-electron chi connectivity index (χ1n) is 4.91. The second kappa shape index (κ2) is 4.94. The summed E-state index contributed by atoms with van der Waals surface area (Å²) in [6, 6.07) is 7.48. The fraction of sp³-hybridized carbons (Fsp3) is 0.0833. The molecule has 1 heterocycles. The first-order chi connectivity index (χ1) is 8.67. The number of methoxy groups -OCH3 is 1. The Hall–Kier alpha value is -2.26. The zero-order chi connectivity index (χ0) is 13.1. The molecule has 0 aliphatic heterocycles. The van der Waals surface area contributed by atoms with Crippen LogP contribution >= 0.6 is 11.5 Å². The van der Waals surface area contributed by atoms with Gasteiger partial charge in [-0.25, -0.2) is 9.18 Å². The summed E-state index contributed by atoms with van der Waals surface area (Å²) in [5.74, 6) is -0.974. The Balaban J connectivity index is 2.53. The lowest BCUT2D eigenvalue weighted by molar-refractivity contribution is 0.0606. The second-order valence-electron chi connectivity index (χ2n) is 3.35. The summed E-state index contributed by atoms with van der Waals surface area (Å²) in [4.78, 5) is 11.6. The molecule has 0 fully saturated rings. The van der Waals surface area contributed by atoms with E-state index in [4.69, 9.17) is 5.26 Å². The first kappa shape index (κ1) is 12.2. The van der Waals surface area contributed by atoms with E-state index in [-0.39, 0.29) is 16.3 Å². The van der Waals surface area contributed by atoms with E-state index in [0.717, 1.165) is 11.5 Å². The van der Waals surface area contributed by atoms with E-state index < -0.39 is 5.97 Å². The summed E-state index contributed by atoms with van der Waals surface area (Å²) in [5.41, 5.74) is 1.10. The normalized spacial score (nSPS) is 9.83. The van der Waals surface area contributed by atoms with Crippen molar-refractivity contribution in [3.05, 3.63) is 40.5 Å². The molecule has 0 aliphatic rings. The van der Waals surface area contributed by atoms with Crippen molar-refractivity contribution in [2.75, 3.05) is 7.11 Å². The van der Waals surface area contributed by atoms with E-state index in [1.165, 1.54) is 31.4 Å². The van der Waals surface area contributed by atoms with Gasteiger partial charge in [-0.3, -0.25) is 0 Å². The molecule has 0 unspecified atom stereocenters. The van der Waals surface area contributed by atoms with Crippen molar-refractivity contribution in [2.24, 2.45) is 0 Å². The Kier molecular flexibility index (Phi) is 3.35. The summed E-state index contributed by atoms with van der Waals surface area (Å²) in [6.07, 6.45) is 0. The van der Waals surface area contributed by atoms with Crippen LogP contribution in [-0.2, 0) is 4.74 Å². The van der Waals surface area contributed by atoms with Crippen LogP contribution < -0.4 is 0 Å². The van der Waals surface area contributed by atoms with Crippen molar-refractivity contribution < 1.29 is 13.9 Å². The molecule has 0 bridgehead atoms. The molecule has 2 aromatic rings. The number of nitrogens with zero attached hydrogens (tertiary/aromatic N) is 2. The van der Waals surface area contributed by atoms with Crippen LogP contribution in [0.5, 0.6) is 0 Å². The van der Waals surface area contributed by atoms with Gasteiger partial charge in [-0.1, -0.05) is 0 Å². The number of carbonyl (C=O) groups excluding carboxylic acids is 1. The summed E-state index contributed by atoms with van der Waals surface area (Å²) < 4.78 is 21.4. The van der Waals surface area contributed by atoms with Gasteiger partial charge in [0.25, 0.3) is 0 Å². The maximum atomic E-state index is 12.8. The molecule has 1 aromatic heterocycles. The van der Waals surface area contributed by atoms with Crippen LogP contribution in [0, 0.1) is 17.1 Å². The number of esters is 1. The number of halogens is 1. The topological polar surface area (TPSA) is 63.0 Å². The Morgan fingerprint density at radius 1 is 1.44 bits per heavy atom. The minimum Gasteiger partial charge on any atom is -0.465 e. The van der Waals surface area contributed by atoms with Crippen LogP contribution in [0.2, 0.25) is 0 Å². The lowest BCUT2D eigenvalue weighted by Crippen LogP contribution is -2.00. The van der Waals surface area contributed by atoms with Crippen molar-refractivity contribution >= 4 is 17.5 Å². The molecular formula is C12H7FN2O2S. The van der Waals surface area contributed by atoms with E-state index in [2.05, 4.69) is 9.11 Å². The molecule has 18 heavy (non-hydrogen) atoms. The van der Waals surface area contributed by atoms with Crippen molar-refractivity contribution in [2.45, 2.75) is 0 Å². The third-order valence-corrected chi connectivity index (χ3v) is 3.12. The van der Waals surface area contributed by atoms with Gasteiger partial charge in [0, 0.05) is 5.56 Å². The monoisotopic (exact) mass is 262 g/mol. The summed E-state index contributed by atoms with van der Waals surface area (Å²) in [5, 5.41) is 9.08. The maximum absolute atomic E-state index is 12.8. The summed E-state index contributed by atoms with van der Waals surface area (Å²) in [7, 11) is 1.24. The average molecular weight is 262 g/mol.